The zero-order valence-corrected chi connectivity index (χ0v) is 9.36. The van der Waals surface area contributed by atoms with Gasteiger partial charge in [-0.3, -0.25) is 0 Å². The van der Waals surface area contributed by atoms with Crippen LogP contribution in [-0.2, 0) is 9.63 Å². The molecule has 84 valence electrons. The number of halogens is 1. The van der Waals surface area contributed by atoms with Crippen LogP contribution in [0, 0.1) is 0 Å². The van der Waals surface area contributed by atoms with E-state index in [1.807, 2.05) is 6.07 Å². The van der Waals surface area contributed by atoms with Gasteiger partial charge >= 0.3 is 5.97 Å². The number of benzene rings is 1. The predicted molar refractivity (Wildman–Crippen MR) is 59.7 cm³/mol. The molecule has 5 heteroatoms. The van der Waals surface area contributed by atoms with E-state index in [1.54, 1.807) is 18.2 Å². The highest BCUT2D eigenvalue weighted by Crippen LogP contribution is 2.29. The summed E-state index contributed by atoms with van der Waals surface area (Å²) >= 11 is 5.99. The van der Waals surface area contributed by atoms with E-state index in [1.165, 1.54) is 6.92 Å². The summed E-state index contributed by atoms with van der Waals surface area (Å²) in [5.74, 6) is -1.03. The van der Waals surface area contributed by atoms with Gasteiger partial charge in [0.25, 0.3) is 0 Å². The lowest BCUT2D eigenvalue weighted by Crippen LogP contribution is -2.35. The molecule has 1 heterocycles. The molecule has 0 aliphatic carbocycles. The Hall–Kier alpha value is -1.55. The summed E-state index contributed by atoms with van der Waals surface area (Å²) in [5, 5.41) is 13.3. The number of carboxylic acid groups (broad SMARTS) is 1. The quantitative estimate of drug-likeness (QED) is 0.862. The maximum atomic E-state index is 11.0. The van der Waals surface area contributed by atoms with Crippen LogP contribution in [-0.4, -0.2) is 22.4 Å². The van der Waals surface area contributed by atoms with Gasteiger partial charge in [0.05, 0.1) is 5.71 Å². The molecule has 1 atom stereocenters. The molecule has 1 aromatic carbocycles. The molecule has 0 saturated carbocycles. The molecule has 4 nitrogen and oxygen atoms in total. The molecule has 2 rings (SSSR count). The van der Waals surface area contributed by atoms with Gasteiger partial charge in [-0.05, 0) is 13.0 Å². The fraction of sp³-hybridized carbons (Fsp3) is 0.273. The molecule has 0 amide bonds. The van der Waals surface area contributed by atoms with Crippen molar-refractivity contribution < 1.29 is 14.7 Å². The Morgan fingerprint density at radius 2 is 2.25 bits per heavy atom. The molecule has 0 fully saturated rings. The highest BCUT2D eigenvalue weighted by Gasteiger charge is 2.42. The van der Waals surface area contributed by atoms with E-state index in [0.717, 1.165) is 0 Å². The van der Waals surface area contributed by atoms with Gasteiger partial charge in [-0.2, -0.15) is 0 Å². The van der Waals surface area contributed by atoms with Gasteiger partial charge in [-0.15, -0.1) is 0 Å². The van der Waals surface area contributed by atoms with Crippen LogP contribution in [0.2, 0.25) is 5.02 Å². The Labute approximate surface area is 97.5 Å². The maximum absolute atomic E-state index is 11.0. The first kappa shape index (κ1) is 11.0. The van der Waals surface area contributed by atoms with Crippen molar-refractivity contribution in [3.8, 4) is 0 Å². The van der Waals surface area contributed by atoms with E-state index in [-0.39, 0.29) is 6.42 Å². The summed E-state index contributed by atoms with van der Waals surface area (Å²) in [6.07, 6.45) is 0.214. The molecule has 0 spiro atoms. The smallest absolute Gasteiger partial charge is 0.351 e. The van der Waals surface area contributed by atoms with Crippen molar-refractivity contribution in [3.05, 3.63) is 34.9 Å². The molecule has 1 unspecified atom stereocenters. The van der Waals surface area contributed by atoms with E-state index in [9.17, 15) is 4.79 Å². The van der Waals surface area contributed by atoms with Crippen LogP contribution in [0.5, 0.6) is 0 Å². The van der Waals surface area contributed by atoms with Crippen LogP contribution in [0.15, 0.2) is 29.4 Å². The third-order valence-electron chi connectivity index (χ3n) is 2.50. The largest absolute Gasteiger partial charge is 0.478 e. The van der Waals surface area contributed by atoms with Crippen LogP contribution in [0.4, 0.5) is 0 Å². The first-order chi connectivity index (χ1) is 7.53. The molecule has 1 N–H and O–H groups in total. The highest BCUT2D eigenvalue weighted by atomic mass is 35.5. The van der Waals surface area contributed by atoms with Gasteiger partial charge in [0.15, 0.2) is 0 Å². The number of rotatable bonds is 2. The van der Waals surface area contributed by atoms with Gasteiger partial charge in [0, 0.05) is 17.0 Å². The average Bonchev–Trinajstić information content (AvgIpc) is 2.63. The number of hydrogen-bond acceptors (Lipinski definition) is 3. The standard InChI is InChI=1S/C11H10ClNO3/c1-11(10(14)15)6-9(13-16-11)7-4-2-3-5-8(7)12/h2-5H,6H2,1H3,(H,14,15). The van der Waals surface area contributed by atoms with Crippen molar-refractivity contribution in [1.82, 2.24) is 0 Å². The van der Waals surface area contributed by atoms with Gasteiger partial charge in [-0.25, -0.2) is 4.79 Å². The minimum Gasteiger partial charge on any atom is -0.478 e. The Kier molecular flexibility index (Phi) is 2.59. The third kappa shape index (κ3) is 1.76. The van der Waals surface area contributed by atoms with Crippen LogP contribution in [0.1, 0.15) is 18.9 Å². The minimum absolute atomic E-state index is 0.214. The van der Waals surface area contributed by atoms with Crippen molar-refractivity contribution in [1.29, 1.82) is 0 Å². The van der Waals surface area contributed by atoms with Gasteiger partial charge in [0.2, 0.25) is 5.60 Å². The average molecular weight is 240 g/mol. The fourth-order valence-corrected chi connectivity index (χ4v) is 1.74. The van der Waals surface area contributed by atoms with Crippen LogP contribution in [0.3, 0.4) is 0 Å². The normalized spacial score (nSPS) is 23.8. The number of aliphatic carboxylic acids is 1. The van der Waals surface area contributed by atoms with Crippen molar-refractivity contribution in [2.24, 2.45) is 5.16 Å². The summed E-state index contributed by atoms with van der Waals surface area (Å²) in [5.41, 5.74) is -0.00115. The van der Waals surface area contributed by atoms with E-state index < -0.39 is 11.6 Å². The maximum Gasteiger partial charge on any atom is 0.351 e. The molecule has 16 heavy (non-hydrogen) atoms. The van der Waals surface area contributed by atoms with Gasteiger partial charge in [0.1, 0.15) is 0 Å². The molecule has 0 aromatic heterocycles. The molecule has 1 aromatic rings. The van der Waals surface area contributed by atoms with Gasteiger partial charge in [-0.1, -0.05) is 35.0 Å². The second-order valence-electron chi connectivity index (χ2n) is 3.82. The molecule has 0 bridgehead atoms. The van der Waals surface area contributed by atoms with Crippen molar-refractivity contribution >= 4 is 23.3 Å². The van der Waals surface area contributed by atoms with E-state index >= 15 is 0 Å². The van der Waals surface area contributed by atoms with Crippen LogP contribution in [0.25, 0.3) is 0 Å². The minimum atomic E-state index is -1.28. The number of nitrogens with zero attached hydrogens (tertiary/aromatic N) is 1. The Bertz CT molecular complexity index is 472. The van der Waals surface area contributed by atoms with Crippen molar-refractivity contribution in [3.63, 3.8) is 0 Å². The van der Waals surface area contributed by atoms with E-state index in [0.29, 0.717) is 16.3 Å². The predicted octanol–water partition coefficient (Wildman–Crippen LogP) is 2.31. The van der Waals surface area contributed by atoms with E-state index in [2.05, 4.69) is 5.16 Å². The summed E-state index contributed by atoms with van der Waals surface area (Å²) in [4.78, 5) is 15.9. The molecular weight excluding hydrogens is 230 g/mol. The number of hydrogen-bond donors (Lipinski definition) is 1. The summed E-state index contributed by atoms with van der Waals surface area (Å²) in [6.45, 7) is 1.49. The molecule has 1 aliphatic rings. The highest BCUT2D eigenvalue weighted by molar-refractivity contribution is 6.34. The SMILES string of the molecule is CC1(C(=O)O)CC(c2ccccc2Cl)=NO1. The second kappa shape index (κ2) is 3.79. The van der Waals surface area contributed by atoms with Gasteiger partial charge < -0.3 is 9.94 Å². The summed E-state index contributed by atoms with van der Waals surface area (Å²) in [7, 11) is 0. The van der Waals surface area contributed by atoms with E-state index in [4.69, 9.17) is 21.5 Å². The second-order valence-corrected chi connectivity index (χ2v) is 4.23. The van der Waals surface area contributed by atoms with Crippen LogP contribution >= 0.6 is 11.6 Å². The lowest BCUT2D eigenvalue weighted by atomic mass is 9.96. The zero-order chi connectivity index (χ0) is 11.8. The molecule has 0 saturated heterocycles. The van der Waals surface area contributed by atoms with Crippen molar-refractivity contribution in [2.75, 3.05) is 0 Å². The molecule has 0 radical (unpaired) electrons. The fourth-order valence-electron chi connectivity index (χ4n) is 1.49. The molecule has 1 aliphatic heterocycles. The Morgan fingerprint density at radius 1 is 1.56 bits per heavy atom. The zero-order valence-electron chi connectivity index (χ0n) is 8.61. The number of carbonyl (C=O) groups is 1. The number of carboxylic acids is 1. The lowest BCUT2D eigenvalue weighted by molar-refractivity contribution is -0.160. The Morgan fingerprint density at radius 3 is 2.81 bits per heavy atom. The van der Waals surface area contributed by atoms with Crippen molar-refractivity contribution in [2.45, 2.75) is 18.9 Å². The summed E-state index contributed by atoms with van der Waals surface area (Å²) in [6, 6.07) is 7.15. The first-order valence-electron chi connectivity index (χ1n) is 4.76. The Balaban J connectivity index is 2.28. The van der Waals surface area contributed by atoms with Crippen LogP contribution < -0.4 is 0 Å². The third-order valence-corrected chi connectivity index (χ3v) is 2.83. The first-order valence-corrected chi connectivity index (χ1v) is 5.14. The lowest BCUT2D eigenvalue weighted by Gasteiger charge is -2.14. The molecular formula is C11H10ClNO3. The summed E-state index contributed by atoms with van der Waals surface area (Å²) < 4.78 is 0. The number of oxime groups is 1. The topological polar surface area (TPSA) is 58.9 Å². The monoisotopic (exact) mass is 239 g/mol.